The molecule has 0 saturated heterocycles. The fourth-order valence-corrected chi connectivity index (χ4v) is 3.62. The van der Waals surface area contributed by atoms with Crippen LogP contribution in [0.15, 0.2) is 36.7 Å². The Morgan fingerprint density at radius 3 is 3.07 bits per heavy atom. The summed E-state index contributed by atoms with van der Waals surface area (Å²) < 4.78 is 21.6. The molecule has 146 valence electrons. The van der Waals surface area contributed by atoms with Gasteiger partial charge < -0.3 is 15.4 Å². The smallest absolute Gasteiger partial charge is 0.167 e. The molecule has 8 heteroatoms. The largest absolute Gasteiger partial charge is 0.488 e. The maximum absolute atomic E-state index is 13.8. The number of hydrogen-bond acceptors (Lipinski definition) is 6. The van der Waals surface area contributed by atoms with E-state index < -0.39 is 0 Å². The Balaban J connectivity index is 1.52. The molecule has 0 amide bonds. The lowest BCUT2D eigenvalue weighted by Gasteiger charge is -2.22. The van der Waals surface area contributed by atoms with E-state index in [0.29, 0.717) is 40.9 Å². The minimum Gasteiger partial charge on any atom is -0.488 e. The van der Waals surface area contributed by atoms with E-state index in [2.05, 4.69) is 20.7 Å². The van der Waals surface area contributed by atoms with Crippen molar-refractivity contribution in [1.29, 1.82) is 0 Å². The van der Waals surface area contributed by atoms with Crippen LogP contribution in [0.5, 0.6) is 5.75 Å². The van der Waals surface area contributed by atoms with E-state index in [-0.39, 0.29) is 11.9 Å². The van der Waals surface area contributed by atoms with Crippen molar-refractivity contribution in [2.75, 3.05) is 12.4 Å². The fraction of sp³-hybridized carbons (Fsp3) is 0.350. The molecule has 1 aromatic carbocycles. The molecule has 0 radical (unpaired) electrons. The molecule has 1 aliphatic carbocycles. The van der Waals surface area contributed by atoms with E-state index in [1.54, 1.807) is 18.3 Å². The van der Waals surface area contributed by atoms with Crippen LogP contribution in [-0.2, 0) is 6.54 Å². The number of carbonyl (C=O) groups is 1. The second-order valence-electron chi connectivity index (χ2n) is 6.89. The zero-order valence-electron chi connectivity index (χ0n) is 15.6. The number of carbonyl (C=O) groups excluding carboxylic acids is 1. The molecule has 2 N–H and O–H groups in total. The molecule has 2 heterocycles. The number of hydrogen-bond donors (Lipinski definition) is 2. The summed E-state index contributed by atoms with van der Waals surface area (Å²) in [6.07, 6.45) is 7.14. The van der Waals surface area contributed by atoms with E-state index in [1.165, 1.54) is 22.8 Å². The quantitative estimate of drug-likeness (QED) is 0.611. The second kappa shape index (κ2) is 7.93. The number of benzene rings is 1. The van der Waals surface area contributed by atoms with Crippen LogP contribution in [0.4, 0.5) is 10.2 Å². The highest BCUT2D eigenvalue weighted by Gasteiger charge is 2.28. The van der Waals surface area contributed by atoms with Gasteiger partial charge in [0.15, 0.2) is 11.9 Å². The van der Waals surface area contributed by atoms with Crippen LogP contribution in [0, 0.1) is 5.82 Å². The highest BCUT2D eigenvalue weighted by molar-refractivity contribution is 5.83. The molecule has 28 heavy (non-hydrogen) atoms. The SMILES string of the molecule is CNC1CCCC1Oc1ccc(F)cc1CNc1ccn2ncc(C=O)c2n1. The highest BCUT2D eigenvalue weighted by atomic mass is 19.1. The number of likely N-dealkylation sites (N-methyl/N-ethyl adjacent to an activating group) is 1. The lowest BCUT2D eigenvalue weighted by molar-refractivity contribution is 0.112. The van der Waals surface area contributed by atoms with Gasteiger partial charge in [-0.2, -0.15) is 5.10 Å². The average Bonchev–Trinajstić information content (AvgIpc) is 3.33. The number of aldehydes is 1. The molecular weight excluding hydrogens is 361 g/mol. The van der Waals surface area contributed by atoms with Crippen LogP contribution in [-0.4, -0.2) is 40.1 Å². The monoisotopic (exact) mass is 383 g/mol. The Morgan fingerprint density at radius 1 is 1.36 bits per heavy atom. The average molecular weight is 383 g/mol. The summed E-state index contributed by atoms with van der Waals surface area (Å²) in [4.78, 5) is 15.5. The van der Waals surface area contributed by atoms with Crippen molar-refractivity contribution < 1.29 is 13.9 Å². The number of halogens is 1. The van der Waals surface area contributed by atoms with E-state index in [0.717, 1.165) is 25.5 Å². The highest BCUT2D eigenvalue weighted by Crippen LogP contribution is 2.28. The zero-order chi connectivity index (χ0) is 19.5. The van der Waals surface area contributed by atoms with Crippen molar-refractivity contribution in [3.8, 4) is 5.75 Å². The van der Waals surface area contributed by atoms with Gasteiger partial charge in [0.2, 0.25) is 0 Å². The molecule has 4 rings (SSSR count). The van der Waals surface area contributed by atoms with Gasteiger partial charge in [-0.05, 0) is 50.6 Å². The first-order valence-corrected chi connectivity index (χ1v) is 9.33. The van der Waals surface area contributed by atoms with Gasteiger partial charge in [-0.1, -0.05) is 0 Å². The molecule has 2 unspecified atom stereocenters. The van der Waals surface area contributed by atoms with Crippen molar-refractivity contribution in [3.05, 3.63) is 53.6 Å². The van der Waals surface area contributed by atoms with E-state index in [1.807, 2.05) is 7.05 Å². The van der Waals surface area contributed by atoms with E-state index in [9.17, 15) is 9.18 Å². The molecule has 1 saturated carbocycles. The summed E-state index contributed by atoms with van der Waals surface area (Å²) in [5, 5.41) is 10.5. The summed E-state index contributed by atoms with van der Waals surface area (Å²) in [6, 6.07) is 6.62. The molecule has 1 fully saturated rings. The molecule has 2 aromatic heterocycles. The predicted octanol–water partition coefficient (Wildman–Crippen LogP) is 2.81. The van der Waals surface area contributed by atoms with E-state index in [4.69, 9.17) is 4.74 Å². The molecular formula is C20H22FN5O2. The normalized spacial score (nSPS) is 19.1. The lowest BCUT2D eigenvalue weighted by Crippen LogP contribution is -2.36. The Hall–Kier alpha value is -3.00. The van der Waals surface area contributed by atoms with Crippen molar-refractivity contribution >= 4 is 17.8 Å². The number of nitrogens with one attached hydrogen (secondary N) is 2. The molecule has 0 bridgehead atoms. The van der Waals surface area contributed by atoms with Crippen LogP contribution in [0.3, 0.4) is 0 Å². The van der Waals surface area contributed by atoms with Gasteiger partial charge in [-0.25, -0.2) is 13.9 Å². The Labute approximate surface area is 161 Å². The van der Waals surface area contributed by atoms with Gasteiger partial charge in [0, 0.05) is 24.3 Å². The van der Waals surface area contributed by atoms with Gasteiger partial charge in [0.1, 0.15) is 23.5 Å². The molecule has 0 spiro atoms. The maximum Gasteiger partial charge on any atom is 0.167 e. The fourth-order valence-electron chi connectivity index (χ4n) is 3.62. The molecule has 3 aromatic rings. The van der Waals surface area contributed by atoms with Gasteiger partial charge in [0.25, 0.3) is 0 Å². The van der Waals surface area contributed by atoms with Crippen molar-refractivity contribution in [2.24, 2.45) is 0 Å². The molecule has 2 atom stereocenters. The van der Waals surface area contributed by atoms with Crippen molar-refractivity contribution in [1.82, 2.24) is 19.9 Å². The maximum atomic E-state index is 13.8. The third-order valence-corrected chi connectivity index (χ3v) is 5.11. The number of aromatic nitrogens is 3. The number of fused-ring (bicyclic) bond motifs is 1. The third-order valence-electron chi connectivity index (χ3n) is 5.11. The van der Waals surface area contributed by atoms with Crippen LogP contribution in [0.2, 0.25) is 0 Å². The van der Waals surface area contributed by atoms with Gasteiger partial charge in [-0.15, -0.1) is 0 Å². The summed E-state index contributed by atoms with van der Waals surface area (Å²) in [5.74, 6) is 0.920. The van der Waals surface area contributed by atoms with Crippen molar-refractivity contribution in [2.45, 2.75) is 38.0 Å². The van der Waals surface area contributed by atoms with Gasteiger partial charge in [0.05, 0.1) is 11.8 Å². The standard InChI is InChI=1S/C20H22FN5O2/c1-22-16-3-2-4-18(16)28-17-6-5-15(21)9-13(17)10-23-19-7-8-26-20(25-19)14(12-27)11-24-26/h5-9,11-12,16,18,22H,2-4,10H2,1H3,(H,23,25). The molecule has 1 aliphatic rings. The van der Waals surface area contributed by atoms with Gasteiger partial charge in [-0.3, -0.25) is 4.79 Å². The van der Waals surface area contributed by atoms with Crippen LogP contribution in [0.25, 0.3) is 5.65 Å². The first-order valence-electron chi connectivity index (χ1n) is 9.33. The number of anilines is 1. The first kappa shape index (κ1) is 18.4. The lowest BCUT2D eigenvalue weighted by atomic mass is 10.1. The third kappa shape index (κ3) is 3.68. The Bertz CT molecular complexity index is 990. The zero-order valence-corrected chi connectivity index (χ0v) is 15.6. The van der Waals surface area contributed by atoms with Crippen LogP contribution >= 0.6 is 0 Å². The Kier molecular flexibility index (Phi) is 5.21. The summed E-state index contributed by atoms with van der Waals surface area (Å²) in [7, 11) is 1.94. The number of rotatable bonds is 7. The Morgan fingerprint density at radius 2 is 2.25 bits per heavy atom. The molecule has 0 aliphatic heterocycles. The minimum atomic E-state index is -0.316. The van der Waals surface area contributed by atoms with Crippen LogP contribution < -0.4 is 15.4 Å². The van der Waals surface area contributed by atoms with Crippen molar-refractivity contribution in [3.63, 3.8) is 0 Å². The van der Waals surface area contributed by atoms with Gasteiger partial charge >= 0.3 is 0 Å². The first-order chi connectivity index (χ1) is 13.7. The molecule has 7 nitrogen and oxygen atoms in total. The number of nitrogens with zero attached hydrogens (tertiary/aromatic N) is 3. The minimum absolute atomic E-state index is 0.0747. The summed E-state index contributed by atoms with van der Waals surface area (Å²) in [5.41, 5.74) is 1.60. The van der Waals surface area contributed by atoms with Crippen LogP contribution in [0.1, 0.15) is 35.2 Å². The second-order valence-corrected chi connectivity index (χ2v) is 6.89. The summed E-state index contributed by atoms with van der Waals surface area (Å²) >= 11 is 0. The predicted molar refractivity (Wildman–Crippen MR) is 103 cm³/mol. The summed E-state index contributed by atoms with van der Waals surface area (Å²) in [6.45, 7) is 0.345. The number of ether oxygens (including phenoxy) is 1. The topological polar surface area (TPSA) is 80.5 Å². The van der Waals surface area contributed by atoms with E-state index >= 15 is 0 Å².